The van der Waals surface area contributed by atoms with Crippen molar-refractivity contribution in [2.24, 2.45) is 0 Å². The fraction of sp³-hybridized carbons (Fsp3) is 0.294. The lowest BCUT2D eigenvalue weighted by atomic mass is 10.0. The highest BCUT2D eigenvalue weighted by atomic mass is 35.5. The van der Waals surface area contributed by atoms with Crippen molar-refractivity contribution in [2.75, 3.05) is 11.6 Å². The van der Waals surface area contributed by atoms with Crippen LogP contribution in [0.25, 0.3) is 0 Å². The summed E-state index contributed by atoms with van der Waals surface area (Å²) < 4.78 is 0. The molecule has 0 spiro atoms. The predicted octanol–water partition coefficient (Wildman–Crippen LogP) is 3.93. The molecular weight excluding hydrogens is 362 g/mol. The first-order valence-corrected chi connectivity index (χ1v) is 9.29. The van der Waals surface area contributed by atoms with Crippen LogP contribution in [0.3, 0.4) is 0 Å². The van der Waals surface area contributed by atoms with Crippen LogP contribution in [0.1, 0.15) is 45.8 Å². The lowest BCUT2D eigenvalue weighted by Gasteiger charge is -2.16. The van der Waals surface area contributed by atoms with E-state index in [2.05, 4.69) is 15.3 Å². The van der Waals surface area contributed by atoms with Crippen LogP contribution in [0.5, 0.6) is 0 Å². The molecule has 0 saturated carbocycles. The zero-order valence-corrected chi connectivity index (χ0v) is 15.7. The molecule has 0 aliphatic rings. The van der Waals surface area contributed by atoms with Gasteiger partial charge in [0.05, 0.1) is 0 Å². The van der Waals surface area contributed by atoms with Crippen LogP contribution in [0.2, 0.25) is 5.02 Å². The Morgan fingerprint density at radius 3 is 2.56 bits per heavy atom. The second-order valence-corrected chi connectivity index (χ2v) is 6.33. The van der Waals surface area contributed by atoms with Gasteiger partial charge in [-0.25, -0.2) is 14.8 Å². The van der Waals surface area contributed by atoms with Crippen molar-refractivity contribution in [1.82, 2.24) is 9.97 Å². The van der Waals surface area contributed by atoms with Gasteiger partial charge in [0.1, 0.15) is 11.3 Å². The number of carbonyl (C=O) groups excluding carboxylic acids is 1. The van der Waals surface area contributed by atoms with Crippen LogP contribution >= 0.6 is 23.4 Å². The number of amides is 1. The van der Waals surface area contributed by atoms with Crippen LogP contribution in [-0.2, 0) is 12.8 Å². The Balaban J connectivity index is 2.51. The smallest absolute Gasteiger partial charge is 0.339 e. The summed E-state index contributed by atoms with van der Waals surface area (Å²) in [7, 11) is 0. The van der Waals surface area contributed by atoms with Gasteiger partial charge in [0.2, 0.25) is 0 Å². The minimum absolute atomic E-state index is 0.170. The fourth-order valence-corrected chi connectivity index (χ4v) is 3.07. The summed E-state index contributed by atoms with van der Waals surface area (Å²) in [5, 5.41) is 13.0. The monoisotopic (exact) mass is 379 g/mol. The summed E-state index contributed by atoms with van der Waals surface area (Å²) >= 11 is 7.47. The van der Waals surface area contributed by atoms with Crippen LogP contribution in [0.4, 0.5) is 5.69 Å². The average molecular weight is 380 g/mol. The highest BCUT2D eigenvalue weighted by Crippen LogP contribution is 2.30. The van der Waals surface area contributed by atoms with Gasteiger partial charge in [0, 0.05) is 16.9 Å². The quantitative estimate of drug-likeness (QED) is 0.583. The number of thioether (sulfide) groups is 1. The Morgan fingerprint density at radius 1 is 1.28 bits per heavy atom. The first kappa shape index (κ1) is 19.2. The predicted molar refractivity (Wildman–Crippen MR) is 98.9 cm³/mol. The number of nitrogens with zero attached hydrogens (tertiary/aromatic N) is 2. The highest BCUT2D eigenvalue weighted by Gasteiger charge is 2.22. The van der Waals surface area contributed by atoms with Gasteiger partial charge < -0.3 is 10.4 Å². The Kier molecular flexibility index (Phi) is 6.39. The maximum atomic E-state index is 12.7. The van der Waals surface area contributed by atoms with E-state index < -0.39 is 11.9 Å². The summed E-state index contributed by atoms with van der Waals surface area (Å²) in [5.41, 5.74) is 1.93. The molecule has 0 bridgehead atoms. The summed E-state index contributed by atoms with van der Waals surface area (Å²) in [6.45, 7) is 3.91. The molecule has 1 amide bonds. The molecular formula is C17H18ClN3O3S. The molecule has 25 heavy (non-hydrogen) atoms. The summed E-state index contributed by atoms with van der Waals surface area (Å²) in [6.07, 6.45) is 4.23. The minimum Gasteiger partial charge on any atom is -0.478 e. The first-order chi connectivity index (χ1) is 11.9. The molecule has 0 unspecified atom stereocenters. The molecule has 2 aromatic rings. The number of aromatic carboxylic acids is 1. The van der Waals surface area contributed by atoms with Crippen molar-refractivity contribution < 1.29 is 14.7 Å². The molecule has 1 aromatic heterocycles. The van der Waals surface area contributed by atoms with E-state index >= 15 is 0 Å². The van der Waals surface area contributed by atoms with Gasteiger partial charge in [-0.1, -0.05) is 43.3 Å². The van der Waals surface area contributed by atoms with Gasteiger partial charge in [-0.05, 0) is 36.3 Å². The number of hydrogen-bond donors (Lipinski definition) is 2. The first-order valence-electron chi connectivity index (χ1n) is 7.68. The van der Waals surface area contributed by atoms with Crippen LogP contribution in [0.15, 0.2) is 23.5 Å². The van der Waals surface area contributed by atoms with E-state index in [0.717, 1.165) is 17.3 Å². The highest BCUT2D eigenvalue weighted by molar-refractivity contribution is 7.98. The van der Waals surface area contributed by atoms with Crippen LogP contribution in [0, 0.1) is 0 Å². The molecule has 2 rings (SSSR count). The second kappa shape index (κ2) is 8.31. The van der Waals surface area contributed by atoms with Gasteiger partial charge in [-0.2, -0.15) is 0 Å². The number of aromatic nitrogens is 2. The molecule has 0 fully saturated rings. The zero-order valence-electron chi connectivity index (χ0n) is 14.1. The van der Waals surface area contributed by atoms with Crippen molar-refractivity contribution in [3.05, 3.63) is 45.7 Å². The maximum absolute atomic E-state index is 12.7. The standard InChI is InChI=1S/C17H18ClN3O3S/c1-4-9-6-7-12(18)10(5-2)13(9)20-15(22)14-11(16(23)24)8-19-17(21-14)25-3/h6-8H,4-5H2,1-3H3,(H,20,22)(H,23,24). The molecule has 8 heteroatoms. The number of anilines is 1. The number of hydrogen-bond acceptors (Lipinski definition) is 5. The van der Waals surface area contributed by atoms with E-state index in [-0.39, 0.29) is 11.3 Å². The number of rotatable bonds is 6. The molecule has 132 valence electrons. The van der Waals surface area contributed by atoms with E-state index in [4.69, 9.17) is 11.6 Å². The Bertz CT molecular complexity index is 827. The maximum Gasteiger partial charge on any atom is 0.339 e. The van der Waals surface area contributed by atoms with Gasteiger partial charge >= 0.3 is 5.97 Å². The topological polar surface area (TPSA) is 92.2 Å². The molecule has 1 heterocycles. The second-order valence-electron chi connectivity index (χ2n) is 5.15. The van der Waals surface area contributed by atoms with Gasteiger partial charge in [-0.15, -0.1) is 0 Å². The van der Waals surface area contributed by atoms with E-state index in [1.54, 1.807) is 12.3 Å². The van der Waals surface area contributed by atoms with Gasteiger partial charge in [0.25, 0.3) is 5.91 Å². The van der Waals surface area contributed by atoms with E-state index in [1.807, 2.05) is 19.9 Å². The van der Waals surface area contributed by atoms with Crippen molar-refractivity contribution >= 4 is 40.9 Å². The van der Waals surface area contributed by atoms with E-state index in [1.165, 1.54) is 11.8 Å². The lowest BCUT2D eigenvalue weighted by molar-refractivity contribution is 0.0690. The molecule has 6 nitrogen and oxygen atoms in total. The number of halogens is 1. The normalized spacial score (nSPS) is 10.6. The molecule has 2 N–H and O–H groups in total. The number of carboxylic acid groups (broad SMARTS) is 1. The number of benzene rings is 1. The summed E-state index contributed by atoms with van der Waals surface area (Å²) in [5.74, 6) is -1.85. The third-order valence-corrected chi connectivity index (χ3v) is 4.63. The molecule has 0 aliphatic carbocycles. The summed E-state index contributed by atoms with van der Waals surface area (Å²) in [6, 6.07) is 3.65. The minimum atomic E-state index is -1.25. The number of carboxylic acids is 1. The zero-order chi connectivity index (χ0) is 18.6. The van der Waals surface area contributed by atoms with Crippen molar-refractivity contribution in [1.29, 1.82) is 0 Å². The Morgan fingerprint density at radius 2 is 2.00 bits per heavy atom. The van der Waals surface area contributed by atoms with E-state index in [0.29, 0.717) is 28.7 Å². The molecule has 1 aromatic carbocycles. The summed E-state index contributed by atoms with van der Waals surface area (Å²) in [4.78, 5) is 32.1. The fourth-order valence-electron chi connectivity index (χ4n) is 2.43. The van der Waals surface area contributed by atoms with Crippen LogP contribution in [-0.4, -0.2) is 33.2 Å². The van der Waals surface area contributed by atoms with Crippen molar-refractivity contribution in [3.8, 4) is 0 Å². The largest absolute Gasteiger partial charge is 0.478 e. The van der Waals surface area contributed by atoms with Crippen LogP contribution < -0.4 is 5.32 Å². The third kappa shape index (κ3) is 4.11. The Labute approximate surface area is 155 Å². The molecule has 0 aliphatic heterocycles. The average Bonchev–Trinajstić information content (AvgIpc) is 2.61. The lowest BCUT2D eigenvalue weighted by Crippen LogP contribution is -2.21. The number of nitrogens with one attached hydrogen (secondary N) is 1. The third-order valence-electron chi connectivity index (χ3n) is 3.71. The Hall–Kier alpha value is -2.12. The van der Waals surface area contributed by atoms with Crippen molar-refractivity contribution in [2.45, 2.75) is 31.8 Å². The molecule has 0 saturated heterocycles. The molecule has 0 atom stereocenters. The van der Waals surface area contributed by atoms with E-state index in [9.17, 15) is 14.7 Å². The SMILES string of the molecule is CCc1ccc(Cl)c(CC)c1NC(=O)c1nc(SC)ncc1C(=O)O. The molecule has 0 radical (unpaired) electrons. The van der Waals surface area contributed by atoms with Gasteiger partial charge in [-0.3, -0.25) is 4.79 Å². The number of carbonyl (C=O) groups is 2. The number of aryl methyl sites for hydroxylation is 1. The van der Waals surface area contributed by atoms with Crippen molar-refractivity contribution in [3.63, 3.8) is 0 Å². The van der Waals surface area contributed by atoms with Gasteiger partial charge in [0.15, 0.2) is 5.16 Å².